The highest BCUT2D eigenvalue weighted by Crippen LogP contribution is 2.31. The van der Waals surface area contributed by atoms with Gasteiger partial charge in [0.2, 0.25) is 5.91 Å². The molecule has 5 nitrogen and oxygen atoms in total. The molecular formula is C13H15NO4. The van der Waals surface area contributed by atoms with Gasteiger partial charge in [-0.15, -0.1) is 0 Å². The van der Waals surface area contributed by atoms with Crippen LogP contribution in [-0.4, -0.2) is 41.8 Å². The molecule has 0 radical (unpaired) electrons. The molecule has 1 aromatic rings. The highest BCUT2D eigenvalue weighted by Gasteiger charge is 2.28. The second-order valence-electron chi connectivity index (χ2n) is 4.61. The van der Waals surface area contributed by atoms with E-state index in [1.807, 2.05) is 18.2 Å². The van der Waals surface area contributed by atoms with Gasteiger partial charge in [-0.1, -0.05) is 6.07 Å². The summed E-state index contributed by atoms with van der Waals surface area (Å²) >= 11 is 0. The highest BCUT2D eigenvalue weighted by atomic mass is 16.6. The van der Waals surface area contributed by atoms with Crippen LogP contribution in [0.3, 0.4) is 0 Å². The average Bonchev–Trinajstić information content (AvgIpc) is 2.68. The molecule has 2 aliphatic heterocycles. The lowest BCUT2D eigenvalue weighted by Crippen LogP contribution is -2.25. The molecule has 0 aliphatic carbocycles. The Hall–Kier alpha value is -1.75. The first kappa shape index (κ1) is 11.3. The van der Waals surface area contributed by atoms with E-state index < -0.39 is 6.10 Å². The second-order valence-corrected chi connectivity index (χ2v) is 4.61. The van der Waals surface area contributed by atoms with E-state index >= 15 is 0 Å². The van der Waals surface area contributed by atoms with Crippen LogP contribution in [0, 0.1) is 0 Å². The third kappa shape index (κ3) is 2.13. The lowest BCUT2D eigenvalue weighted by Gasteiger charge is -2.20. The standard InChI is InChI=1S/C13H15NO4/c15-10-6-13(16)14(8-10)7-9-1-2-11-12(5-9)18-4-3-17-11/h1-2,5,10,15H,3-4,6-8H2. The second kappa shape index (κ2) is 4.49. The number of hydrogen-bond acceptors (Lipinski definition) is 4. The molecule has 1 fully saturated rings. The van der Waals surface area contributed by atoms with Gasteiger partial charge >= 0.3 is 0 Å². The molecule has 1 N–H and O–H groups in total. The van der Waals surface area contributed by atoms with Crippen molar-refractivity contribution in [2.75, 3.05) is 19.8 Å². The fourth-order valence-corrected chi connectivity index (χ4v) is 2.31. The Morgan fingerprint density at radius 1 is 1.28 bits per heavy atom. The highest BCUT2D eigenvalue weighted by molar-refractivity contribution is 5.79. The third-order valence-electron chi connectivity index (χ3n) is 3.17. The van der Waals surface area contributed by atoms with Gasteiger partial charge in [0.05, 0.1) is 12.5 Å². The molecular weight excluding hydrogens is 234 g/mol. The van der Waals surface area contributed by atoms with Gasteiger partial charge in [0, 0.05) is 13.1 Å². The van der Waals surface area contributed by atoms with Gasteiger partial charge in [0.15, 0.2) is 11.5 Å². The SMILES string of the molecule is O=C1CC(O)CN1Cc1ccc2c(c1)OCCO2. The summed E-state index contributed by atoms with van der Waals surface area (Å²) in [5.74, 6) is 1.47. The molecule has 1 atom stereocenters. The summed E-state index contributed by atoms with van der Waals surface area (Å²) in [6.07, 6.45) is -0.306. The Balaban J connectivity index is 1.75. The van der Waals surface area contributed by atoms with Crippen molar-refractivity contribution in [3.63, 3.8) is 0 Å². The van der Waals surface area contributed by atoms with E-state index in [0.717, 1.165) is 17.1 Å². The van der Waals surface area contributed by atoms with E-state index in [9.17, 15) is 9.90 Å². The molecule has 1 unspecified atom stereocenters. The number of rotatable bonds is 2. The number of hydrogen-bond donors (Lipinski definition) is 1. The summed E-state index contributed by atoms with van der Waals surface area (Å²) in [7, 11) is 0. The summed E-state index contributed by atoms with van der Waals surface area (Å²) in [6, 6.07) is 5.68. The molecule has 0 spiro atoms. The number of carbonyl (C=O) groups excluding carboxylic acids is 1. The maximum atomic E-state index is 11.6. The predicted molar refractivity (Wildman–Crippen MR) is 63.5 cm³/mol. The number of likely N-dealkylation sites (tertiary alicyclic amines) is 1. The Bertz CT molecular complexity index is 474. The van der Waals surface area contributed by atoms with Gasteiger partial charge in [-0.3, -0.25) is 4.79 Å². The number of carbonyl (C=O) groups is 1. The van der Waals surface area contributed by atoms with Gasteiger partial charge in [-0.25, -0.2) is 0 Å². The molecule has 0 aromatic heterocycles. The normalized spacial score (nSPS) is 22.4. The average molecular weight is 249 g/mol. The number of ether oxygens (including phenoxy) is 2. The van der Waals surface area contributed by atoms with Crippen molar-refractivity contribution in [3.05, 3.63) is 23.8 Å². The molecule has 1 amide bonds. The first-order valence-corrected chi connectivity index (χ1v) is 6.07. The maximum absolute atomic E-state index is 11.6. The lowest BCUT2D eigenvalue weighted by atomic mass is 10.2. The Morgan fingerprint density at radius 2 is 2.06 bits per heavy atom. The number of aliphatic hydroxyl groups is 1. The molecule has 1 saturated heterocycles. The van der Waals surface area contributed by atoms with Crippen LogP contribution >= 0.6 is 0 Å². The van der Waals surface area contributed by atoms with Crippen LogP contribution in [0.2, 0.25) is 0 Å². The summed E-state index contributed by atoms with van der Waals surface area (Å²) in [4.78, 5) is 13.3. The summed E-state index contributed by atoms with van der Waals surface area (Å²) in [6.45, 7) is 2.04. The smallest absolute Gasteiger partial charge is 0.225 e. The maximum Gasteiger partial charge on any atom is 0.225 e. The quantitative estimate of drug-likeness (QED) is 0.831. The third-order valence-corrected chi connectivity index (χ3v) is 3.17. The van der Waals surface area contributed by atoms with Gasteiger partial charge in [-0.05, 0) is 17.7 Å². The van der Waals surface area contributed by atoms with Gasteiger partial charge in [0.25, 0.3) is 0 Å². The molecule has 5 heteroatoms. The number of amides is 1. The first-order chi connectivity index (χ1) is 8.72. The molecule has 18 heavy (non-hydrogen) atoms. The fraction of sp³-hybridized carbons (Fsp3) is 0.462. The van der Waals surface area contributed by atoms with E-state index in [2.05, 4.69) is 0 Å². The van der Waals surface area contributed by atoms with Crippen molar-refractivity contribution in [3.8, 4) is 11.5 Å². The van der Waals surface area contributed by atoms with Crippen LogP contribution < -0.4 is 9.47 Å². The van der Waals surface area contributed by atoms with Crippen molar-refractivity contribution < 1.29 is 19.4 Å². The Morgan fingerprint density at radius 3 is 2.78 bits per heavy atom. The topological polar surface area (TPSA) is 59.0 Å². The molecule has 1 aromatic carbocycles. The zero-order chi connectivity index (χ0) is 12.5. The monoisotopic (exact) mass is 249 g/mol. The number of aliphatic hydroxyl groups excluding tert-OH is 1. The zero-order valence-electron chi connectivity index (χ0n) is 9.96. The number of β-amino-alcohol motifs (C(OH)–C–C–N with tert-alkyl or cyclic N) is 1. The number of nitrogens with zero attached hydrogens (tertiary/aromatic N) is 1. The van der Waals surface area contributed by atoms with E-state index in [4.69, 9.17) is 9.47 Å². The van der Waals surface area contributed by atoms with Crippen molar-refractivity contribution in [2.24, 2.45) is 0 Å². The van der Waals surface area contributed by atoms with Crippen molar-refractivity contribution in [1.82, 2.24) is 4.90 Å². The Labute approximate surface area is 105 Å². The van der Waals surface area contributed by atoms with E-state index in [1.54, 1.807) is 4.90 Å². The summed E-state index contributed by atoms with van der Waals surface area (Å²) in [5, 5.41) is 9.43. The van der Waals surface area contributed by atoms with E-state index in [1.165, 1.54) is 0 Å². The zero-order valence-corrected chi connectivity index (χ0v) is 9.96. The lowest BCUT2D eigenvalue weighted by molar-refractivity contribution is -0.128. The predicted octanol–water partition coefficient (Wildman–Crippen LogP) is 0.551. The number of fused-ring (bicyclic) bond motifs is 1. The van der Waals surface area contributed by atoms with Crippen LogP contribution in [0.4, 0.5) is 0 Å². The summed E-state index contributed by atoms with van der Waals surface area (Å²) in [5.41, 5.74) is 0.988. The van der Waals surface area contributed by atoms with Crippen LogP contribution in [0.1, 0.15) is 12.0 Å². The molecule has 2 heterocycles. The van der Waals surface area contributed by atoms with Crippen molar-refractivity contribution in [1.29, 1.82) is 0 Å². The van der Waals surface area contributed by atoms with Gasteiger partial charge < -0.3 is 19.5 Å². The molecule has 0 saturated carbocycles. The van der Waals surface area contributed by atoms with Crippen LogP contribution in [0.25, 0.3) is 0 Å². The molecule has 3 rings (SSSR count). The first-order valence-electron chi connectivity index (χ1n) is 6.07. The minimum atomic E-state index is -0.533. The van der Waals surface area contributed by atoms with Crippen molar-refractivity contribution >= 4 is 5.91 Å². The summed E-state index contributed by atoms with van der Waals surface area (Å²) < 4.78 is 10.9. The fourth-order valence-electron chi connectivity index (χ4n) is 2.31. The Kier molecular flexibility index (Phi) is 2.83. The van der Waals surface area contributed by atoms with Gasteiger partial charge in [-0.2, -0.15) is 0 Å². The van der Waals surface area contributed by atoms with Crippen LogP contribution in [0.15, 0.2) is 18.2 Å². The van der Waals surface area contributed by atoms with E-state index in [0.29, 0.717) is 26.3 Å². The van der Waals surface area contributed by atoms with Crippen LogP contribution in [0.5, 0.6) is 11.5 Å². The molecule has 96 valence electrons. The van der Waals surface area contributed by atoms with Crippen molar-refractivity contribution in [2.45, 2.75) is 19.1 Å². The number of benzene rings is 1. The van der Waals surface area contributed by atoms with E-state index in [-0.39, 0.29) is 12.3 Å². The largest absolute Gasteiger partial charge is 0.486 e. The van der Waals surface area contributed by atoms with Gasteiger partial charge in [0.1, 0.15) is 13.2 Å². The van der Waals surface area contributed by atoms with Crippen LogP contribution in [-0.2, 0) is 11.3 Å². The molecule has 2 aliphatic rings. The molecule has 0 bridgehead atoms. The minimum Gasteiger partial charge on any atom is -0.486 e. The minimum absolute atomic E-state index is 0.00242.